The van der Waals surface area contributed by atoms with Gasteiger partial charge in [0, 0.05) is 18.8 Å². The molecule has 4 rings (SSSR count). The predicted octanol–water partition coefficient (Wildman–Crippen LogP) is 3.70. The first-order chi connectivity index (χ1) is 13.7. The average Bonchev–Trinajstić information content (AvgIpc) is 2.88. The van der Waals surface area contributed by atoms with Gasteiger partial charge in [-0.25, -0.2) is 4.79 Å². The average molecular weight is 383 g/mol. The Morgan fingerprint density at radius 2 is 1.93 bits per heavy atom. The van der Waals surface area contributed by atoms with Crippen molar-refractivity contribution < 1.29 is 9.53 Å². The second kappa shape index (κ2) is 8.31. The minimum Gasteiger partial charge on any atom is -0.465 e. The molecule has 1 atom stereocenters. The van der Waals surface area contributed by atoms with Gasteiger partial charge in [-0.3, -0.25) is 9.67 Å². The number of ether oxygens (including phenoxy) is 1. The molecular formula is C21H29N5O2. The van der Waals surface area contributed by atoms with Crippen LogP contribution in [0.4, 0.5) is 11.4 Å². The summed E-state index contributed by atoms with van der Waals surface area (Å²) in [6.45, 7) is 4.45. The molecule has 0 radical (unpaired) electrons. The first-order valence-electron chi connectivity index (χ1n) is 10.2. The normalized spacial score (nSPS) is 21.0. The number of rotatable bonds is 5. The van der Waals surface area contributed by atoms with Gasteiger partial charge in [-0.05, 0) is 51.6 Å². The summed E-state index contributed by atoms with van der Waals surface area (Å²) in [5, 5.41) is 7.99. The van der Waals surface area contributed by atoms with Crippen LogP contribution in [0, 0.1) is 6.92 Å². The zero-order valence-corrected chi connectivity index (χ0v) is 16.7. The number of carbonyl (C=O) groups is 1. The Morgan fingerprint density at radius 3 is 2.68 bits per heavy atom. The summed E-state index contributed by atoms with van der Waals surface area (Å²) in [6, 6.07) is 2.90. The highest BCUT2D eigenvalue weighted by molar-refractivity contribution is 5.96. The van der Waals surface area contributed by atoms with Crippen LogP contribution in [0.15, 0.2) is 24.7 Å². The minimum absolute atomic E-state index is 0.380. The fourth-order valence-corrected chi connectivity index (χ4v) is 4.30. The number of carbonyl (C=O) groups excluding carboxylic acids is 1. The Hall–Kier alpha value is -2.41. The molecule has 1 aliphatic carbocycles. The number of nitrogens with one attached hydrogen (secondary N) is 1. The van der Waals surface area contributed by atoms with Gasteiger partial charge in [0.05, 0.1) is 48.2 Å². The van der Waals surface area contributed by atoms with Crippen LogP contribution in [0.2, 0.25) is 0 Å². The number of hydrogen-bond acceptors (Lipinski definition) is 6. The number of esters is 1. The maximum Gasteiger partial charge on any atom is 0.340 e. The number of anilines is 2. The second-order valence-corrected chi connectivity index (χ2v) is 7.83. The van der Waals surface area contributed by atoms with Crippen molar-refractivity contribution in [1.82, 2.24) is 19.7 Å². The molecule has 28 heavy (non-hydrogen) atoms. The maximum absolute atomic E-state index is 12.0. The van der Waals surface area contributed by atoms with Crippen molar-refractivity contribution in [2.45, 2.75) is 57.5 Å². The summed E-state index contributed by atoms with van der Waals surface area (Å²) in [6.07, 6.45) is 12.7. The van der Waals surface area contributed by atoms with Crippen LogP contribution in [0.1, 0.15) is 60.6 Å². The van der Waals surface area contributed by atoms with Crippen LogP contribution in [0.3, 0.4) is 0 Å². The number of aromatic nitrogens is 3. The monoisotopic (exact) mass is 383 g/mol. The Labute approximate surface area is 166 Å². The molecule has 1 saturated heterocycles. The fraction of sp³-hybridized carbons (Fsp3) is 0.571. The van der Waals surface area contributed by atoms with Crippen molar-refractivity contribution >= 4 is 17.3 Å². The topological polar surface area (TPSA) is 72.3 Å². The van der Waals surface area contributed by atoms with E-state index >= 15 is 0 Å². The third kappa shape index (κ3) is 3.76. The number of pyridine rings is 1. The Bertz CT molecular complexity index is 830. The lowest BCUT2D eigenvalue weighted by Gasteiger charge is -2.36. The third-order valence-electron chi connectivity index (χ3n) is 6.21. The standard InChI is InChI=1S/C21H29N5O2/c1-15-19(24-20-13-22-10-8-18(20)21(27)28-2)14-23-26(15)17-7-4-11-25(12-9-17)16-5-3-6-16/h8,10,13-14,16-17,24H,3-7,9,11-12H2,1-2H3. The molecule has 0 aromatic carbocycles. The molecule has 1 unspecified atom stereocenters. The number of hydrogen-bond donors (Lipinski definition) is 1. The molecule has 7 heteroatoms. The van der Waals surface area contributed by atoms with Crippen molar-refractivity contribution in [3.63, 3.8) is 0 Å². The second-order valence-electron chi connectivity index (χ2n) is 7.83. The summed E-state index contributed by atoms with van der Waals surface area (Å²) in [4.78, 5) is 18.8. The van der Waals surface area contributed by atoms with Gasteiger partial charge in [-0.1, -0.05) is 6.42 Å². The van der Waals surface area contributed by atoms with E-state index < -0.39 is 0 Å². The highest BCUT2D eigenvalue weighted by Gasteiger charge is 2.28. The molecule has 2 aromatic rings. The maximum atomic E-state index is 12.0. The summed E-state index contributed by atoms with van der Waals surface area (Å²) < 4.78 is 7.02. The van der Waals surface area contributed by atoms with Crippen LogP contribution >= 0.6 is 0 Å². The number of methoxy groups -OCH3 is 1. The smallest absolute Gasteiger partial charge is 0.340 e. The molecule has 3 heterocycles. The van der Waals surface area contributed by atoms with Crippen LogP contribution in [-0.4, -0.2) is 51.9 Å². The Kier molecular flexibility index (Phi) is 5.62. The van der Waals surface area contributed by atoms with Crippen molar-refractivity contribution in [1.29, 1.82) is 0 Å². The van der Waals surface area contributed by atoms with Gasteiger partial charge >= 0.3 is 5.97 Å². The SMILES string of the molecule is COC(=O)c1ccncc1Nc1cnn(C2CCCN(C3CCC3)CC2)c1C. The van der Waals surface area contributed by atoms with Gasteiger partial charge in [0.2, 0.25) is 0 Å². The predicted molar refractivity (Wildman–Crippen MR) is 108 cm³/mol. The van der Waals surface area contributed by atoms with Crippen LogP contribution in [-0.2, 0) is 4.74 Å². The highest BCUT2D eigenvalue weighted by Crippen LogP contribution is 2.32. The van der Waals surface area contributed by atoms with Gasteiger partial charge in [0.1, 0.15) is 0 Å². The van der Waals surface area contributed by atoms with E-state index in [0.717, 1.165) is 36.8 Å². The van der Waals surface area contributed by atoms with E-state index in [2.05, 4.69) is 31.9 Å². The molecular weight excluding hydrogens is 354 g/mol. The van der Waals surface area contributed by atoms with Crippen molar-refractivity contribution in [2.24, 2.45) is 0 Å². The Morgan fingerprint density at radius 1 is 1.11 bits per heavy atom. The van der Waals surface area contributed by atoms with E-state index in [-0.39, 0.29) is 5.97 Å². The van der Waals surface area contributed by atoms with Gasteiger partial charge in [0.15, 0.2) is 0 Å². The molecule has 150 valence electrons. The Balaban J connectivity index is 1.48. The van der Waals surface area contributed by atoms with Crippen molar-refractivity contribution in [2.75, 3.05) is 25.5 Å². The lowest BCUT2D eigenvalue weighted by atomic mass is 9.91. The molecule has 0 bridgehead atoms. The van der Waals surface area contributed by atoms with Gasteiger partial charge in [-0.15, -0.1) is 0 Å². The zero-order chi connectivity index (χ0) is 19.5. The first kappa shape index (κ1) is 18.9. The molecule has 7 nitrogen and oxygen atoms in total. The first-order valence-corrected chi connectivity index (χ1v) is 10.2. The quantitative estimate of drug-likeness (QED) is 0.794. The van der Waals surface area contributed by atoms with Crippen LogP contribution in [0.5, 0.6) is 0 Å². The molecule has 2 aliphatic rings. The zero-order valence-electron chi connectivity index (χ0n) is 16.7. The molecule has 1 N–H and O–H groups in total. The van der Waals surface area contributed by atoms with Gasteiger partial charge in [-0.2, -0.15) is 5.10 Å². The third-order valence-corrected chi connectivity index (χ3v) is 6.21. The molecule has 0 spiro atoms. The van der Waals surface area contributed by atoms with Crippen molar-refractivity contribution in [3.8, 4) is 0 Å². The highest BCUT2D eigenvalue weighted by atomic mass is 16.5. The lowest BCUT2D eigenvalue weighted by molar-refractivity contribution is 0.0602. The number of nitrogens with zero attached hydrogens (tertiary/aromatic N) is 4. The minimum atomic E-state index is -0.380. The number of likely N-dealkylation sites (tertiary alicyclic amines) is 1. The van der Waals surface area contributed by atoms with E-state index in [1.54, 1.807) is 18.5 Å². The van der Waals surface area contributed by atoms with Crippen LogP contribution < -0.4 is 5.32 Å². The van der Waals surface area contributed by atoms with E-state index in [1.165, 1.54) is 39.3 Å². The van der Waals surface area contributed by atoms with E-state index in [9.17, 15) is 4.79 Å². The summed E-state index contributed by atoms with van der Waals surface area (Å²) in [7, 11) is 1.38. The summed E-state index contributed by atoms with van der Waals surface area (Å²) >= 11 is 0. The fourth-order valence-electron chi connectivity index (χ4n) is 4.30. The molecule has 2 fully saturated rings. The van der Waals surface area contributed by atoms with Gasteiger partial charge < -0.3 is 15.0 Å². The van der Waals surface area contributed by atoms with E-state index in [0.29, 0.717) is 17.3 Å². The largest absolute Gasteiger partial charge is 0.465 e. The lowest BCUT2D eigenvalue weighted by Crippen LogP contribution is -2.40. The van der Waals surface area contributed by atoms with E-state index in [1.807, 2.05) is 6.20 Å². The van der Waals surface area contributed by atoms with Crippen LogP contribution in [0.25, 0.3) is 0 Å². The molecule has 1 saturated carbocycles. The molecule has 2 aromatic heterocycles. The summed E-state index contributed by atoms with van der Waals surface area (Å²) in [5.74, 6) is -0.380. The van der Waals surface area contributed by atoms with Gasteiger partial charge in [0.25, 0.3) is 0 Å². The van der Waals surface area contributed by atoms with E-state index in [4.69, 9.17) is 4.74 Å². The molecule has 0 amide bonds. The summed E-state index contributed by atoms with van der Waals surface area (Å²) in [5.41, 5.74) is 3.09. The van der Waals surface area contributed by atoms with Crippen molar-refractivity contribution in [3.05, 3.63) is 35.9 Å². The molecule has 1 aliphatic heterocycles.